The van der Waals surface area contributed by atoms with E-state index < -0.39 is 18.1 Å². The van der Waals surface area contributed by atoms with Crippen LogP contribution >= 0.6 is 0 Å². The highest BCUT2D eigenvalue weighted by atomic mass is 16.5. The van der Waals surface area contributed by atoms with Crippen LogP contribution in [0.3, 0.4) is 0 Å². The van der Waals surface area contributed by atoms with Gasteiger partial charge in [-0.15, -0.1) is 0 Å². The summed E-state index contributed by atoms with van der Waals surface area (Å²) in [6.07, 6.45) is -0.584. The van der Waals surface area contributed by atoms with Gasteiger partial charge in [-0.05, 0) is 19.4 Å². The van der Waals surface area contributed by atoms with Crippen LogP contribution in [0.4, 0.5) is 4.79 Å². The molecule has 0 unspecified atom stereocenters. The summed E-state index contributed by atoms with van der Waals surface area (Å²) in [5, 5.41) is 2.51. The maximum atomic E-state index is 11.5. The molecule has 0 saturated heterocycles. The van der Waals surface area contributed by atoms with Crippen LogP contribution in [0, 0.1) is 11.8 Å². The molecule has 1 atom stereocenters. The van der Waals surface area contributed by atoms with Crippen LogP contribution in [0.5, 0.6) is 0 Å². The largest absolute Gasteiger partial charge is 0.456 e. The molecule has 0 aliphatic heterocycles. The van der Waals surface area contributed by atoms with Crippen LogP contribution < -0.4 is 5.32 Å². The van der Waals surface area contributed by atoms with Crippen LogP contribution in [0.2, 0.25) is 0 Å². The van der Waals surface area contributed by atoms with Gasteiger partial charge in [0.05, 0.1) is 12.6 Å². The number of hydrogen-bond donors (Lipinski definition) is 1. The van der Waals surface area contributed by atoms with E-state index in [2.05, 4.69) is 21.9 Å². The summed E-state index contributed by atoms with van der Waals surface area (Å²) < 4.78 is 9.67. The number of carbonyl (C=O) groups excluding carboxylic acids is 2. The second kappa shape index (κ2) is 8.59. The highest BCUT2D eigenvalue weighted by Crippen LogP contribution is 2.00. The van der Waals surface area contributed by atoms with E-state index in [9.17, 15) is 9.59 Å². The predicted octanol–water partition coefficient (Wildman–Crippen LogP) is 1.87. The monoisotopic (exact) mass is 275 g/mol. The molecule has 0 aliphatic carbocycles. The number of nitrogens with one attached hydrogen (secondary N) is 1. The number of carbonyl (C=O) groups is 2. The van der Waals surface area contributed by atoms with E-state index in [0.29, 0.717) is 0 Å². The third-order valence-electron chi connectivity index (χ3n) is 2.21. The topological polar surface area (TPSA) is 64.6 Å². The number of hydrogen-bond acceptors (Lipinski definition) is 4. The van der Waals surface area contributed by atoms with Crippen LogP contribution in [-0.2, 0) is 20.9 Å². The minimum Gasteiger partial charge on any atom is -0.456 e. The molecule has 1 aromatic carbocycles. The Morgan fingerprint density at radius 3 is 2.60 bits per heavy atom. The third-order valence-corrected chi connectivity index (χ3v) is 2.21. The summed E-state index contributed by atoms with van der Waals surface area (Å²) in [5.74, 6) is 4.23. The van der Waals surface area contributed by atoms with E-state index in [1.54, 1.807) is 13.8 Å². The maximum absolute atomic E-state index is 11.5. The summed E-state index contributed by atoms with van der Waals surface area (Å²) in [7, 11) is 0. The van der Waals surface area contributed by atoms with Crippen molar-refractivity contribution in [2.75, 3.05) is 6.61 Å². The Kier molecular flexibility index (Phi) is 6.69. The van der Waals surface area contributed by atoms with E-state index >= 15 is 0 Å². The van der Waals surface area contributed by atoms with Gasteiger partial charge in [0, 0.05) is 5.92 Å². The molecule has 0 fully saturated rings. The molecule has 1 aromatic rings. The Labute approximate surface area is 118 Å². The first-order valence-corrected chi connectivity index (χ1v) is 6.27. The van der Waals surface area contributed by atoms with Crippen molar-refractivity contribution in [3.8, 4) is 11.8 Å². The Bertz CT molecular complexity index is 502. The molecule has 1 N–H and O–H groups in total. The van der Waals surface area contributed by atoms with Gasteiger partial charge in [-0.3, -0.25) is 0 Å². The van der Waals surface area contributed by atoms with Crippen molar-refractivity contribution in [3.05, 3.63) is 35.9 Å². The lowest BCUT2D eigenvalue weighted by molar-refractivity contribution is -0.136. The SMILES string of the molecule is CCOC(=O)C#C[C@H](C)NC(=O)OCc1ccccc1. The summed E-state index contributed by atoms with van der Waals surface area (Å²) in [6, 6.07) is 8.84. The van der Waals surface area contributed by atoms with E-state index in [1.165, 1.54) is 0 Å². The number of alkyl carbamates (subject to hydrolysis) is 1. The standard InChI is InChI=1S/C15H17NO4/c1-3-19-14(17)10-9-12(2)16-15(18)20-11-13-7-5-4-6-8-13/h4-8,12H,3,11H2,1-2H3,(H,16,18)/t12-/m0/s1. The number of benzene rings is 1. The van der Waals surface area contributed by atoms with Gasteiger partial charge in [-0.1, -0.05) is 36.3 Å². The number of amides is 1. The minimum absolute atomic E-state index is 0.185. The van der Waals surface area contributed by atoms with E-state index in [-0.39, 0.29) is 13.2 Å². The maximum Gasteiger partial charge on any atom is 0.408 e. The van der Waals surface area contributed by atoms with Gasteiger partial charge in [-0.25, -0.2) is 9.59 Å². The number of ether oxygens (including phenoxy) is 2. The van der Waals surface area contributed by atoms with Crippen molar-refractivity contribution in [2.24, 2.45) is 0 Å². The van der Waals surface area contributed by atoms with Crippen molar-refractivity contribution < 1.29 is 19.1 Å². The summed E-state index contributed by atoms with van der Waals surface area (Å²) in [5.41, 5.74) is 0.896. The van der Waals surface area contributed by atoms with Crippen LogP contribution in [0.15, 0.2) is 30.3 Å². The second-order valence-corrected chi connectivity index (χ2v) is 3.92. The summed E-state index contributed by atoms with van der Waals surface area (Å²) in [6.45, 7) is 3.80. The lowest BCUT2D eigenvalue weighted by atomic mass is 10.2. The Balaban J connectivity index is 2.33. The minimum atomic E-state index is -0.612. The van der Waals surface area contributed by atoms with Crippen molar-refractivity contribution in [3.63, 3.8) is 0 Å². The van der Waals surface area contributed by atoms with Crippen molar-refractivity contribution in [2.45, 2.75) is 26.5 Å². The van der Waals surface area contributed by atoms with E-state index in [1.807, 2.05) is 30.3 Å². The van der Waals surface area contributed by atoms with Crippen molar-refractivity contribution >= 4 is 12.1 Å². The Morgan fingerprint density at radius 2 is 1.95 bits per heavy atom. The highest BCUT2D eigenvalue weighted by Gasteiger charge is 2.06. The molecule has 0 radical (unpaired) electrons. The molecular formula is C15H17NO4. The van der Waals surface area contributed by atoms with Gasteiger partial charge in [0.15, 0.2) is 0 Å². The molecule has 106 valence electrons. The zero-order valence-electron chi connectivity index (χ0n) is 11.5. The highest BCUT2D eigenvalue weighted by molar-refractivity contribution is 5.88. The molecule has 0 saturated carbocycles. The van der Waals surface area contributed by atoms with Crippen molar-refractivity contribution in [1.82, 2.24) is 5.32 Å². The molecule has 0 aliphatic rings. The quantitative estimate of drug-likeness (QED) is 0.517. The first-order valence-electron chi connectivity index (χ1n) is 6.27. The molecule has 20 heavy (non-hydrogen) atoms. The molecule has 0 aromatic heterocycles. The molecule has 0 spiro atoms. The number of rotatable bonds is 4. The normalized spacial score (nSPS) is 10.7. The van der Waals surface area contributed by atoms with E-state index in [4.69, 9.17) is 4.74 Å². The average Bonchev–Trinajstić information content (AvgIpc) is 2.44. The second-order valence-electron chi connectivity index (χ2n) is 3.92. The van der Waals surface area contributed by atoms with Crippen LogP contribution in [0.25, 0.3) is 0 Å². The van der Waals surface area contributed by atoms with Crippen LogP contribution in [0.1, 0.15) is 19.4 Å². The lowest BCUT2D eigenvalue weighted by Gasteiger charge is -2.08. The van der Waals surface area contributed by atoms with Gasteiger partial charge in [-0.2, -0.15) is 0 Å². The Morgan fingerprint density at radius 1 is 1.25 bits per heavy atom. The predicted molar refractivity (Wildman–Crippen MR) is 73.6 cm³/mol. The zero-order valence-corrected chi connectivity index (χ0v) is 11.5. The fourth-order valence-electron chi connectivity index (χ4n) is 1.31. The van der Waals surface area contributed by atoms with Gasteiger partial charge in [0.25, 0.3) is 0 Å². The molecule has 0 bridgehead atoms. The van der Waals surface area contributed by atoms with Gasteiger partial charge in [0.1, 0.15) is 6.61 Å². The number of esters is 1. The summed E-state index contributed by atoms with van der Waals surface area (Å²) in [4.78, 5) is 22.5. The molecule has 5 nitrogen and oxygen atoms in total. The molecule has 0 heterocycles. The smallest absolute Gasteiger partial charge is 0.408 e. The van der Waals surface area contributed by atoms with Gasteiger partial charge < -0.3 is 14.8 Å². The molecular weight excluding hydrogens is 258 g/mol. The third kappa shape index (κ3) is 6.45. The first kappa shape index (κ1) is 15.6. The molecule has 5 heteroatoms. The first-order chi connectivity index (χ1) is 9.61. The molecule has 1 amide bonds. The Hall–Kier alpha value is -2.48. The van der Waals surface area contributed by atoms with Crippen LogP contribution in [-0.4, -0.2) is 24.7 Å². The molecule has 1 rings (SSSR count). The zero-order chi connectivity index (χ0) is 14.8. The van der Waals surface area contributed by atoms with Crippen molar-refractivity contribution in [1.29, 1.82) is 0 Å². The fraction of sp³-hybridized carbons (Fsp3) is 0.333. The lowest BCUT2D eigenvalue weighted by Crippen LogP contribution is -2.32. The summed E-state index contributed by atoms with van der Waals surface area (Å²) >= 11 is 0. The van der Waals surface area contributed by atoms with E-state index in [0.717, 1.165) is 5.56 Å². The van der Waals surface area contributed by atoms with Gasteiger partial charge >= 0.3 is 12.1 Å². The average molecular weight is 275 g/mol. The fourth-order valence-corrected chi connectivity index (χ4v) is 1.31. The van der Waals surface area contributed by atoms with Gasteiger partial charge in [0.2, 0.25) is 0 Å².